The predicted octanol–water partition coefficient (Wildman–Crippen LogP) is 2.80. The number of pyridine rings is 1. The van der Waals surface area contributed by atoms with Crippen LogP contribution in [0.3, 0.4) is 0 Å². The van der Waals surface area contributed by atoms with Crippen LogP contribution in [0.1, 0.15) is 43.0 Å². The van der Waals surface area contributed by atoms with E-state index in [9.17, 15) is 9.59 Å². The summed E-state index contributed by atoms with van der Waals surface area (Å²) in [5, 5.41) is 8.27. The number of nitrogens with zero attached hydrogens (tertiary/aromatic N) is 3. The molecule has 3 heterocycles. The van der Waals surface area contributed by atoms with E-state index in [0.717, 1.165) is 35.6 Å². The number of benzene rings is 1. The second-order valence-electron chi connectivity index (χ2n) is 8.17. The van der Waals surface area contributed by atoms with Gasteiger partial charge in [-0.1, -0.05) is 23.7 Å². The van der Waals surface area contributed by atoms with Crippen molar-refractivity contribution >= 4 is 39.9 Å². The van der Waals surface area contributed by atoms with E-state index < -0.39 is 6.04 Å². The molecule has 0 radical (unpaired) electrons. The lowest BCUT2D eigenvalue weighted by atomic mass is 9.93. The number of carbonyl (C=O) groups is 1. The van der Waals surface area contributed by atoms with Crippen molar-refractivity contribution in [3.63, 3.8) is 0 Å². The summed E-state index contributed by atoms with van der Waals surface area (Å²) in [6, 6.07) is 7.33. The lowest BCUT2D eigenvalue weighted by Gasteiger charge is -2.27. The Hall–Kier alpha value is -3.13. The average Bonchev–Trinajstić information content (AvgIpc) is 3.18. The maximum Gasteiger partial charge on any atom is 0.294 e. The van der Waals surface area contributed by atoms with Gasteiger partial charge in [-0.2, -0.15) is 0 Å². The highest BCUT2D eigenvalue weighted by molar-refractivity contribution is 6.30. The topological polar surface area (TPSA) is 115 Å². The number of aromatic nitrogens is 3. The fourth-order valence-corrected chi connectivity index (χ4v) is 4.53. The molecule has 1 aliphatic heterocycles. The number of nitrogens with two attached hydrogens (primary N) is 1. The monoisotopic (exact) mass is 438 g/mol. The molecule has 3 aromatic rings. The first-order valence-corrected chi connectivity index (χ1v) is 10.9. The molecule has 1 saturated carbocycles. The second kappa shape index (κ2) is 7.85. The zero-order valence-electron chi connectivity index (χ0n) is 16.9. The van der Waals surface area contributed by atoms with Crippen LogP contribution in [-0.4, -0.2) is 26.5 Å². The van der Waals surface area contributed by atoms with E-state index in [0.29, 0.717) is 30.9 Å². The van der Waals surface area contributed by atoms with E-state index in [2.05, 4.69) is 20.6 Å². The maximum atomic E-state index is 13.0. The van der Waals surface area contributed by atoms with Crippen molar-refractivity contribution in [1.82, 2.24) is 19.9 Å². The van der Waals surface area contributed by atoms with Crippen LogP contribution in [0.15, 0.2) is 35.3 Å². The fourth-order valence-electron chi connectivity index (χ4n) is 4.26. The van der Waals surface area contributed by atoms with Crippen molar-refractivity contribution in [2.75, 3.05) is 11.1 Å². The lowest BCUT2D eigenvalue weighted by Crippen LogP contribution is -2.38. The number of rotatable bonds is 5. The quantitative estimate of drug-likeness (QED) is 0.564. The number of hydrogen-bond acceptors (Lipinski definition) is 6. The van der Waals surface area contributed by atoms with Crippen LogP contribution in [0.25, 0.3) is 10.8 Å². The van der Waals surface area contributed by atoms with Gasteiger partial charge >= 0.3 is 0 Å². The molecular formula is C22H23ClN6O2. The summed E-state index contributed by atoms with van der Waals surface area (Å²) < 4.78 is 1.51. The van der Waals surface area contributed by atoms with E-state index in [-0.39, 0.29) is 28.5 Å². The average molecular weight is 439 g/mol. The minimum atomic E-state index is -0.592. The molecule has 4 N–H and O–H groups in total. The van der Waals surface area contributed by atoms with Crippen LogP contribution in [0, 0.1) is 0 Å². The zero-order chi connectivity index (χ0) is 21.5. The Morgan fingerprint density at radius 3 is 2.87 bits per heavy atom. The number of nitrogen functional groups attached to an aromatic ring is 1. The molecule has 160 valence electrons. The third-order valence-electron chi connectivity index (χ3n) is 6.20. The number of halogens is 1. The summed E-state index contributed by atoms with van der Waals surface area (Å²) in [4.78, 5) is 34.4. The van der Waals surface area contributed by atoms with E-state index in [4.69, 9.17) is 17.3 Å². The molecule has 1 fully saturated rings. The summed E-state index contributed by atoms with van der Waals surface area (Å²) in [5.74, 6) is 0.512. The first-order valence-electron chi connectivity index (χ1n) is 10.5. The molecule has 8 nitrogen and oxygen atoms in total. The lowest BCUT2D eigenvalue weighted by molar-refractivity contribution is -0.124. The molecule has 0 bridgehead atoms. The van der Waals surface area contributed by atoms with Crippen molar-refractivity contribution in [2.45, 2.75) is 50.7 Å². The first kappa shape index (κ1) is 19.8. The van der Waals surface area contributed by atoms with Gasteiger partial charge in [0.15, 0.2) is 11.0 Å². The fraction of sp³-hybridized carbons (Fsp3) is 0.364. The zero-order valence-corrected chi connectivity index (χ0v) is 17.7. The van der Waals surface area contributed by atoms with Gasteiger partial charge in [0.05, 0.1) is 5.69 Å². The minimum Gasteiger partial charge on any atom is -0.383 e. The Labute approximate surface area is 183 Å². The molecule has 1 unspecified atom stereocenters. The maximum absolute atomic E-state index is 13.0. The van der Waals surface area contributed by atoms with Gasteiger partial charge in [0.1, 0.15) is 11.9 Å². The molecule has 1 aliphatic carbocycles. The van der Waals surface area contributed by atoms with Gasteiger partial charge in [-0.25, -0.2) is 9.97 Å². The third-order valence-corrected chi connectivity index (χ3v) is 6.50. The highest BCUT2D eigenvalue weighted by Gasteiger charge is 2.33. The van der Waals surface area contributed by atoms with Crippen LogP contribution in [0.2, 0.25) is 5.15 Å². The molecule has 31 heavy (non-hydrogen) atoms. The summed E-state index contributed by atoms with van der Waals surface area (Å²) in [7, 11) is 0. The number of anilines is 2. The van der Waals surface area contributed by atoms with Gasteiger partial charge in [-0.15, -0.1) is 0 Å². The third kappa shape index (κ3) is 3.61. The Bertz CT molecular complexity index is 1240. The molecule has 9 heteroatoms. The van der Waals surface area contributed by atoms with Crippen LogP contribution in [-0.2, 0) is 17.8 Å². The molecule has 0 spiro atoms. The van der Waals surface area contributed by atoms with E-state index in [1.807, 2.05) is 24.3 Å². The standard InChI is InChI=1S/C22H23ClN6O2/c23-18-16-6-7-17(29(16)22(31)20(28-18)27-14-2-1-3-14)21(30)26-11-12-4-5-15-13(10-12)8-9-25-19(15)24/h4-5,8-10,14,17H,1-3,6-7,11H2,(H2,24,25)(H,26,30)(H,27,28). The van der Waals surface area contributed by atoms with Crippen LogP contribution >= 0.6 is 11.6 Å². The SMILES string of the molecule is Nc1nccc2cc(CNC(=O)C3CCc4c(Cl)nc(NC5CCC5)c(=O)n43)ccc12. The first-order chi connectivity index (χ1) is 15.0. The van der Waals surface area contributed by atoms with Gasteiger partial charge in [0, 0.05) is 24.2 Å². The molecule has 2 aliphatic rings. The summed E-state index contributed by atoms with van der Waals surface area (Å²) in [6.07, 6.45) is 5.89. The van der Waals surface area contributed by atoms with E-state index in [1.54, 1.807) is 6.20 Å². The largest absolute Gasteiger partial charge is 0.383 e. The van der Waals surface area contributed by atoms with Crippen molar-refractivity contribution in [2.24, 2.45) is 0 Å². The minimum absolute atomic E-state index is 0.202. The highest BCUT2D eigenvalue weighted by Crippen LogP contribution is 2.30. The summed E-state index contributed by atoms with van der Waals surface area (Å²) in [5.41, 5.74) is 7.19. The molecule has 2 aromatic heterocycles. The van der Waals surface area contributed by atoms with Crippen LogP contribution < -0.4 is 21.9 Å². The Kier molecular flexibility index (Phi) is 5.02. The number of amides is 1. The smallest absolute Gasteiger partial charge is 0.294 e. The second-order valence-corrected chi connectivity index (χ2v) is 8.53. The number of nitrogens with one attached hydrogen (secondary N) is 2. The van der Waals surface area contributed by atoms with Crippen LogP contribution in [0.5, 0.6) is 0 Å². The van der Waals surface area contributed by atoms with Gasteiger partial charge in [0.25, 0.3) is 5.56 Å². The Morgan fingerprint density at radius 2 is 2.10 bits per heavy atom. The number of carbonyl (C=O) groups excluding carboxylic acids is 1. The van der Waals surface area contributed by atoms with Crippen molar-refractivity contribution in [1.29, 1.82) is 0 Å². The van der Waals surface area contributed by atoms with Gasteiger partial charge < -0.3 is 16.4 Å². The van der Waals surface area contributed by atoms with Gasteiger partial charge in [0.2, 0.25) is 5.91 Å². The number of fused-ring (bicyclic) bond motifs is 2. The molecule has 1 aromatic carbocycles. The molecule has 5 rings (SSSR count). The van der Waals surface area contributed by atoms with Crippen molar-refractivity contribution in [3.05, 3.63) is 57.2 Å². The Morgan fingerprint density at radius 1 is 1.26 bits per heavy atom. The van der Waals surface area contributed by atoms with Crippen LogP contribution in [0.4, 0.5) is 11.6 Å². The Balaban J connectivity index is 1.35. The normalized spacial score (nSPS) is 17.9. The molecule has 1 atom stereocenters. The van der Waals surface area contributed by atoms with Gasteiger partial charge in [-0.3, -0.25) is 14.2 Å². The summed E-state index contributed by atoms with van der Waals surface area (Å²) >= 11 is 6.34. The van der Waals surface area contributed by atoms with Crippen molar-refractivity contribution in [3.8, 4) is 0 Å². The number of hydrogen-bond donors (Lipinski definition) is 3. The highest BCUT2D eigenvalue weighted by atomic mass is 35.5. The molecule has 0 saturated heterocycles. The van der Waals surface area contributed by atoms with E-state index in [1.165, 1.54) is 4.57 Å². The predicted molar refractivity (Wildman–Crippen MR) is 120 cm³/mol. The molecular weight excluding hydrogens is 416 g/mol. The summed E-state index contributed by atoms with van der Waals surface area (Å²) in [6.45, 7) is 0.351. The van der Waals surface area contributed by atoms with Crippen molar-refractivity contribution < 1.29 is 4.79 Å². The van der Waals surface area contributed by atoms with Gasteiger partial charge in [-0.05, 0) is 55.2 Å². The molecule has 1 amide bonds. The van der Waals surface area contributed by atoms with E-state index >= 15 is 0 Å².